The maximum atomic E-state index is 4.48. The van der Waals surface area contributed by atoms with Crippen LogP contribution < -0.4 is 10.6 Å². The van der Waals surface area contributed by atoms with Crippen LogP contribution in [0.3, 0.4) is 0 Å². The van der Waals surface area contributed by atoms with Gasteiger partial charge in [-0.05, 0) is 18.4 Å². The van der Waals surface area contributed by atoms with Crippen LogP contribution in [-0.4, -0.2) is 40.0 Å². The highest BCUT2D eigenvalue weighted by molar-refractivity contribution is 7.98. The van der Waals surface area contributed by atoms with Crippen molar-refractivity contribution >= 4 is 29.0 Å². The molecule has 0 atom stereocenters. The molecule has 2 N–H and O–H groups in total. The number of aromatic nitrogens is 3. The first kappa shape index (κ1) is 12.0. The molecule has 0 aliphatic rings. The van der Waals surface area contributed by atoms with E-state index in [0.717, 1.165) is 36.0 Å². The predicted octanol–water partition coefficient (Wildman–Crippen LogP) is 1.94. The van der Waals surface area contributed by atoms with Gasteiger partial charge in [-0.2, -0.15) is 11.8 Å². The van der Waals surface area contributed by atoms with Crippen LogP contribution in [0, 0.1) is 0 Å². The van der Waals surface area contributed by atoms with Gasteiger partial charge in [0.2, 0.25) is 0 Å². The molecule has 0 radical (unpaired) electrons. The molecular formula is C11H17N5S. The van der Waals surface area contributed by atoms with Gasteiger partial charge in [-0.25, -0.2) is 9.97 Å². The number of nitrogens with zero attached hydrogens (tertiary/aromatic N) is 3. The number of nitrogens with one attached hydrogen (secondary N) is 2. The SMILES string of the molecule is CNc1cn2ccnc2c(NCCCSC)n1. The summed E-state index contributed by atoms with van der Waals surface area (Å²) in [6.07, 6.45) is 8.87. The highest BCUT2D eigenvalue weighted by Crippen LogP contribution is 2.15. The normalized spacial score (nSPS) is 10.7. The van der Waals surface area contributed by atoms with Gasteiger partial charge in [0.1, 0.15) is 5.82 Å². The molecule has 0 saturated carbocycles. The van der Waals surface area contributed by atoms with Gasteiger partial charge in [0, 0.05) is 26.0 Å². The summed E-state index contributed by atoms with van der Waals surface area (Å²) >= 11 is 1.86. The Hall–Kier alpha value is -1.43. The molecule has 2 heterocycles. The molecule has 2 aromatic rings. The molecule has 5 nitrogen and oxygen atoms in total. The Kier molecular flexibility index (Phi) is 4.08. The summed E-state index contributed by atoms with van der Waals surface area (Å²) < 4.78 is 1.97. The monoisotopic (exact) mass is 251 g/mol. The number of imidazole rings is 1. The van der Waals surface area contributed by atoms with E-state index < -0.39 is 0 Å². The average Bonchev–Trinajstić information content (AvgIpc) is 2.82. The van der Waals surface area contributed by atoms with Gasteiger partial charge in [0.25, 0.3) is 0 Å². The van der Waals surface area contributed by atoms with Crippen LogP contribution in [-0.2, 0) is 0 Å². The van der Waals surface area contributed by atoms with Crippen LogP contribution in [0.15, 0.2) is 18.6 Å². The van der Waals surface area contributed by atoms with Crippen molar-refractivity contribution in [1.29, 1.82) is 0 Å². The number of rotatable bonds is 6. The lowest BCUT2D eigenvalue weighted by Crippen LogP contribution is -2.08. The van der Waals surface area contributed by atoms with Crippen molar-refractivity contribution in [3.8, 4) is 0 Å². The minimum Gasteiger partial charge on any atom is -0.372 e. The molecule has 0 aliphatic carbocycles. The second kappa shape index (κ2) is 5.77. The lowest BCUT2D eigenvalue weighted by molar-refractivity contribution is 0.976. The zero-order valence-electron chi connectivity index (χ0n) is 10.1. The van der Waals surface area contributed by atoms with Crippen molar-refractivity contribution < 1.29 is 0 Å². The summed E-state index contributed by atoms with van der Waals surface area (Å²) in [6, 6.07) is 0. The van der Waals surface area contributed by atoms with Gasteiger partial charge < -0.3 is 15.0 Å². The molecule has 92 valence electrons. The van der Waals surface area contributed by atoms with Crippen molar-refractivity contribution in [2.45, 2.75) is 6.42 Å². The summed E-state index contributed by atoms with van der Waals surface area (Å²) in [5.41, 5.74) is 0.869. The Morgan fingerprint density at radius 3 is 3.12 bits per heavy atom. The van der Waals surface area contributed by atoms with Gasteiger partial charge in [0.15, 0.2) is 11.5 Å². The van der Waals surface area contributed by atoms with Gasteiger partial charge in [-0.15, -0.1) is 0 Å². The van der Waals surface area contributed by atoms with Crippen LogP contribution in [0.2, 0.25) is 0 Å². The first-order valence-electron chi connectivity index (χ1n) is 5.59. The topological polar surface area (TPSA) is 54.2 Å². The van der Waals surface area contributed by atoms with Crippen LogP contribution in [0.5, 0.6) is 0 Å². The van der Waals surface area contributed by atoms with Gasteiger partial charge in [-0.1, -0.05) is 0 Å². The van der Waals surface area contributed by atoms with E-state index in [4.69, 9.17) is 0 Å². The molecule has 0 spiro atoms. The smallest absolute Gasteiger partial charge is 0.180 e. The zero-order chi connectivity index (χ0) is 12.1. The maximum Gasteiger partial charge on any atom is 0.180 e. The highest BCUT2D eigenvalue weighted by atomic mass is 32.2. The Labute approximate surface area is 105 Å². The molecule has 17 heavy (non-hydrogen) atoms. The number of hydrogen-bond acceptors (Lipinski definition) is 5. The Morgan fingerprint density at radius 2 is 2.35 bits per heavy atom. The number of anilines is 2. The third kappa shape index (κ3) is 2.82. The minimum atomic E-state index is 0.836. The van der Waals surface area contributed by atoms with Gasteiger partial charge in [0.05, 0.1) is 6.20 Å². The molecular weight excluding hydrogens is 234 g/mol. The predicted molar refractivity (Wildman–Crippen MR) is 74.0 cm³/mol. The second-order valence-electron chi connectivity index (χ2n) is 3.66. The van der Waals surface area contributed by atoms with E-state index in [0.29, 0.717) is 0 Å². The Bertz CT molecular complexity index is 482. The third-order valence-corrected chi connectivity index (χ3v) is 3.14. The molecule has 0 amide bonds. The first-order chi connectivity index (χ1) is 8.35. The molecule has 6 heteroatoms. The van der Waals surface area contributed by atoms with E-state index in [2.05, 4.69) is 26.9 Å². The lowest BCUT2D eigenvalue weighted by atomic mass is 10.4. The standard InChI is InChI=1S/C11H17N5S/c1-12-9-8-16-6-5-14-11(16)10(15-9)13-4-3-7-17-2/h5-6,8,12H,3-4,7H2,1-2H3,(H,13,15). The fourth-order valence-corrected chi connectivity index (χ4v) is 2.03. The molecule has 2 rings (SSSR count). The summed E-state index contributed by atoms with van der Waals surface area (Å²) in [7, 11) is 1.86. The van der Waals surface area contributed by atoms with E-state index in [9.17, 15) is 0 Å². The fourth-order valence-electron chi connectivity index (χ4n) is 1.59. The van der Waals surface area contributed by atoms with Crippen molar-refractivity contribution in [3.05, 3.63) is 18.6 Å². The highest BCUT2D eigenvalue weighted by Gasteiger charge is 2.05. The van der Waals surface area contributed by atoms with Crippen molar-refractivity contribution in [3.63, 3.8) is 0 Å². The van der Waals surface area contributed by atoms with E-state index in [-0.39, 0.29) is 0 Å². The number of thioether (sulfide) groups is 1. The first-order valence-corrected chi connectivity index (χ1v) is 6.99. The summed E-state index contributed by atoms with van der Waals surface area (Å²) in [4.78, 5) is 8.77. The second-order valence-corrected chi connectivity index (χ2v) is 4.64. The quantitative estimate of drug-likeness (QED) is 0.768. The zero-order valence-corrected chi connectivity index (χ0v) is 10.9. The van der Waals surface area contributed by atoms with Crippen molar-refractivity contribution in [2.75, 3.05) is 36.2 Å². The Morgan fingerprint density at radius 1 is 1.47 bits per heavy atom. The summed E-state index contributed by atoms with van der Waals surface area (Å²) in [5, 5.41) is 6.38. The fraction of sp³-hybridized carbons (Fsp3) is 0.455. The van der Waals surface area contributed by atoms with E-state index in [1.165, 1.54) is 0 Å². The van der Waals surface area contributed by atoms with Crippen molar-refractivity contribution in [1.82, 2.24) is 14.4 Å². The third-order valence-electron chi connectivity index (χ3n) is 2.45. The molecule has 0 saturated heterocycles. The maximum absolute atomic E-state index is 4.48. The van der Waals surface area contributed by atoms with Crippen LogP contribution in [0.4, 0.5) is 11.6 Å². The average molecular weight is 251 g/mol. The molecule has 0 aliphatic heterocycles. The van der Waals surface area contributed by atoms with Gasteiger partial charge >= 0.3 is 0 Å². The molecule has 0 unspecified atom stereocenters. The van der Waals surface area contributed by atoms with Crippen LogP contribution >= 0.6 is 11.8 Å². The molecule has 0 fully saturated rings. The minimum absolute atomic E-state index is 0.836. The summed E-state index contributed by atoms with van der Waals surface area (Å²) in [6.45, 7) is 0.920. The lowest BCUT2D eigenvalue weighted by Gasteiger charge is -2.08. The Balaban J connectivity index is 2.16. The largest absolute Gasteiger partial charge is 0.372 e. The van der Waals surface area contributed by atoms with E-state index >= 15 is 0 Å². The molecule has 2 aromatic heterocycles. The van der Waals surface area contributed by atoms with Crippen LogP contribution in [0.25, 0.3) is 5.65 Å². The number of hydrogen-bond donors (Lipinski definition) is 2. The van der Waals surface area contributed by atoms with E-state index in [1.54, 1.807) is 6.20 Å². The van der Waals surface area contributed by atoms with E-state index in [1.807, 2.05) is 35.6 Å². The van der Waals surface area contributed by atoms with Gasteiger partial charge in [-0.3, -0.25) is 0 Å². The molecule has 0 aromatic carbocycles. The van der Waals surface area contributed by atoms with Crippen LogP contribution in [0.1, 0.15) is 6.42 Å². The summed E-state index contributed by atoms with van der Waals surface area (Å²) in [5.74, 6) is 2.83. The van der Waals surface area contributed by atoms with Crippen molar-refractivity contribution in [2.24, 2.45) is 0 Å². The number of fused-ring (bicyclic) bond motifs is 1. The molecule has 0 bridgehead atoms.